The number of hydrogen-bond donors (Lipinski definition) is 0. The highest BCUT2D eigenvalue weighted by molar-refractivity contribution is 6.33. The van der Waals surface area contributed by atoms with Crippen LogP contribution in [0.3, 0.4) is 0 Å². The number of nitrogens with zero attached hydrogens (tertiary/aromatic N) is 6. The van der Waals surface area contributed by atoms with Gasteiger partial charge in [-0.15, -0.1) is 10.2 Å². The molecule has 0 fully saturated rings. The van der Waals surface area contributed by atoms with E-state index in [0.717, 1.165) is 33.0 Å². The van der Waals surface area contributed by atoms with E-state index < -0.39 is 0 Å². The van der Waals surface area contributed by atoms with Crippen LogP contribution >= 0.6 is 11.6 Å². The summed E-state index contributed by atoms with van der Waals surface area (Å²) in [4.78, 5) is 49.9. The van der Waals surface area contributed by atoms with Crippen molar-refractivity contribution in [2.24, 2.45) is 20.5 Å². The fourth-order valence-corrected chi connectivity index (χ4v) is 8.47. The average molecular weight is 893 g/mol. The Morgan fingerprint density at radius 3 is 1.67 bits per heavy atom. The van der Waals surface area contributed by atoms with Gasteiger partial charge in [-0.3, -0.25) is 24.3 Å². The third-order valence-electron chi connectivity index (χ3n) is 11.6. The van der Waals surface area contributed by atoms with Crippen molar-refractivity contribution in [3.05, 3.63) is 190 Å². The molecular weight excluding hydrogens is 852 g/mol. The Hall–Kier alpha value is -8.06. The number of fused-ring (bicyclic) bond motifs is 4. The Kier molecular flexibility index (Phi) is 11.9. The zero-order valence-electron chi connectivity index (χ0n) is 36.6. The predicted octanol–water partition coefficient (Wildman–Crippen LogP) is 13.4. The summed E-state index contributed by atoms with van der Waals surface area (Å²) in [5, 5.41) is 23.7. The van der Waals surface area contributed by atoms with Crippen LogP contribution in [0.15, 0.2) is 166 Å². The number of aryl methyl sites for hydroxylation is 1. The van der Waals surface area contributed by atoms with Crippen LogP contribution in [0.1, 0.15) is 53.3 Å². The minimum Gasteiger partial charge on any atom is -0.494 e. The molecule has 13 heteroatoms. The molecule has 8 aromatic rings. The van der Waals surface area contributed by atoms with Crippen LogP contribution in [0.4, 0.5) is 34.1 Å². The first-order chi connectivity index (χ1) is 32.1. The van der Waals surface area contributed by atoms with Crippen LogP contribution in [0.2, 0.25) is 5.02 Å². The van der Waals surface area contributed by atoms with Gasteiger partial charge in [0, 0.05) is 58.4 Å². The molecule has 8 aromatic carbocycles. The van der Waals surface area contributed by atoms with E-state index in [2.05, 4.69) is 20.5 Å². The van der Waals surface area contributed by atoms with E-state index in [1.165, 1.54) is 7.11 Å². The molecule has 1 amide bonds. The quantitative estimate of drug-likeness (QED) is 0.0880. The second-order valence-electron chi connectivity index (χ2n) is 15.6. The predicted molar refractivity (Wildman–Crippen MR) is 258 cm³/mol. The van der Waals surface area contributed by atoms with E-state index in [4.69, 9.17) is 25.9 Å². The maximum absolute atomic E-state index is 14.1. The average Bonchev–Trinajstić information content (AvgIpc) is 3.34. The number of carbonyl (C=O) groups is 3. The van der Waals surface area contributed by atoms with Gasteiger partial charge >= 0.3 is 0 Å². The van der Waals surface area contributed by atoms with E-state index in [1.54, 1.807) is 79.7 Å². The van der Waals surface area contributed by atoms with Gasteiger partial charge in [0.25, 0.3) is 5.91 Å². The molecule has 0 bridgehead atoms. The zero-order chi connectivity index (χ0) is 46.1. The second kappa shape index (κ2) is 18.2. The van der Waals surface area contributed by atoms with Crippen LogP contribution in [-0.4, -0.2) is 45.8 Å². The number of hydrogen-bond acceptors (Lipinski definition) is 11. The van der Waals surface area contributed by atoms with Gasteiger partial charge in [0.15, 0.2) is 23.1 Å². The molecule has 12 nitrogen and oxygen atoms in total. The van der Waals surface area contributed by atoms with Gasteiger partial charge in [0.1, 0.15) is 18.0 Å². The molecule has 0 N–H and O–H groups in total. The number of carbonyl (C=O) groups excluding carboxylic acids is 3. The Bertz CT molecular complexity index is 3330. The van der Waals surface area contributed by atoms with Gasteiger partial charge in [-0.1, -0.05) is 90.5 Å². The topological polar surface area (TPSA) is 135 Å². The summed E-state index contributed by atoms with van der Waals surface area (Å²) < 4.78 is 11.8. The van der Waals surface area contributed by atoms with Crippen molar-refractivity contribution in [3.8, 4) is 11.5 Å². The Morgan fingerprint density at radius 2 is 1.09 bits per heavy atom. The lowest BCUT2D eigenvalue weighted by molar-refractivity contribution is 0.0979. The third-order valence-corrected chi connectivity index (χ3v) is 11.9. The third kappa shape index (κ3) is 8.04. The molecule has 1 aliphatic carbocycles. The number of ketones is 2. The van der Waals surface area contributed by atoms with Crippen molar-refractivity contribution in [1.29, 1.82) is 0 Å². The van der Waals surface area contributed by atoms with Crippen LogP contribution < -0.4 is 19.4 Å². The van der Waals surface area contributed by atoms with Crippen molar-refractivity contribution < 1.29 is 28.7 Å². The van der Waals surface area contributed by atoms with Crippen LogP contribution in [-0.2, 0) is 11.4 Å². The number of amides is 1. The maximum atomic E-state index is 14.1. The number of anilines is 2. The number of methoxy groups -OCH3 is 2. The van der Waals surface area contributed by atoms with Crippen molar-refractivity contribution in [2.75, 3.05) is 38.3 Å². The number of halogens is 1. The van der Waals surface area contributed by atoms with Crippen molar-refractivity contribution in [2.45, 2.75) is 13.5 Å². The Labute approximate surface area is 385 Å². The standard InChI is InChI=1S/C53H41ClN6O6/c1-31-14-6-12-20-45(31)59(2)53(63)43-27-33-16-8-10-18-38(33)48(52(43)65-5)58-56-36-23-25-40-42(29-36)50(62)39-24-22-35(28-41(39)49(40)61)55-57-47-37-17-9-7-15-32(37)26-34(51(47)64-4)30-66-60(3)46-21-13-11-19-44(46)54/h6-29H,30H2,1-5H3. The van der Waals surface area contributed by atoms with Gasteiger partial charge in [-0.2, -0.15) is 10.2 Å². The summed E-state index contributed by atoms with van der Waals surface area (Å²) in [5.41, 5.74) is 5.78. The van der Waals surface area contributed by atoms with Gasteiger partial charge in [-0.05, 0) is 90.0 Å². The lowest BCUT2D eigenvalue weighted by atomic mass is 9.83. The molecule has 0 saturated carbocycles. The van der Waals surface area contributed by atoms with Crippen molar-refractivity contribution >= 4 is 84.7 Å². The van der Waals surface area contributed by atoms with Crippen molar-refractivity contribution in [3.63, 3.8) is 0 Å². The van der Waals surface area contributed by atoms with E-state index in [9.17, 15) is 14.4 Å². The number of ether oxygens (including phenoxy) is 2. The number of para-hydroxylation sites is 2. The molecule has 0 aromatic heterocycles. The SMILES string of the molecule is COc1c(CON(C)c2ccccc2Cl)cc2ccccc2c1N=Nc1ccc2c(c1)C(=O)c1ccc(N=Nc3c(OC)c(C(=O)N(C)c4ccccc4C)cc4ccccc34)cc1C2=O. The summed E-state index contributed by atoms with van der Waals surface area (Å²) >= 11 is 6.41. The minimum atomic E-state index is -0.350. The molecule has 326 valence electrons. The summed E-state index contributed by atoms with van der Waals surface area (Å²) in [6.45, 7) is 2.08. The van der Waals surface area contributed by atoms with Crippen LogP contribution in [0, 0.1) is 6.92 Å². The summed E-state index contributed by atoms with van der Waals surface area (Å²) in [7, 11) is 6.54. The first-order valence-electron chi connectivity index (χ1n) is 20.9. The molecular formula is C53H41ClN6O6. The van der Waals surface area contributed by atoms with Gasteiger partial charge in [-0.25, -0.2) is 0 Å². The van der Waals surface area contributed by atoms with Crippen LogP contribution in [0.5, 0.6) is 11.5 Å². The first-order valence-corrected chi connectivity index (χ1v) is 21.3. The number of hydroxylamine groups is 1. The molecule has 0 radical (unpaired) electrons. The minimum absolute atomic E-state index is 0.141. The highest BCUT2D eigenvalue weighted by atomic mass is 35.5. The molecule has 0 heterocycles. The lowest BCUT2D eigenvalue weighted by Gasteiger charge is -2.21. The molecule has 0 spiro atoms. The normalized spacial score (nSPS) is 12.2. The first kappa shape index (κ1) is 43.2. The van der Waals surface area contributed by atoms with Gasteiger partial charge in [0.2, 0.25) is 0 Å². The molecule has 0 unspecified atom stereocenters. The number of benzene rings is 8. The number of rotatable bonds is 12. The molecule has 0 atom stereocenters. The zero-order valence-corrected chi connectivity index (χ0v) is 37.3. The molecule has 1 aliphatic rings. The molecule has 9 rings (SSSR count). The fourth-order valence-electron chi connectivity index (χ4n) is 8.21. The molecule has 0 saturated heterocycles. The molecule has 0 aliphatic heterocycles. The summed E-state index contributed by atoms with van der Waals surface area (Å²) in [5.74, 6) is -0.264. The highest BCUT2D eigenvalue weighted by Crippen LogP contribution is 2.43. The van der Waals surface area contributed by atoms with E-state index in [1.807, 2.05) is 104 Å². The fraction of sp³-hybridized carbons (Fsp3) is 0.113. The van der Waals surface area contributed by atoms with E-state index in [-0.39, 0.29) is 52.1 Å². The van der Waals surface area contributed by atoms with Gasteiger partial charge in [0.05, 0.1) is 41.9 Å². The largest absolute Gasteiger partial charge is 0.494 e. The summed E-state index contributed by atoms with van der Waals surface area (Å²) in [6.07, 6.45) is 0. The van der Waals surface area contributed by atoms with E-state index >= 15 is 0 Å². The Morgan fingerprint density at radius 1 is 0.576 bits per heavy atom. The maximum Gasteiger partial charge on any atom is 0.261 e. The summed E-state index contributed by atoms with van der Waals surface area (Å²) in [6, 6.07) is 43.5. The monoisotopic (exact) mass is 892 g/mol. The second-order valence-corrected chi connectivity index (χ2v) is 16.0. The van der Waals surface area contributed by atoms with Gasteiger partial charge < -0.3 is 14.4 Å². The molecule has 66 heavy (non-hydrogen) atoms. The lowest BCUT2D eigenvalue weighted by Crippen LogP contribution is -2.27. The van der Waals surface area contributed by atoms with E-state index in [0.29, 0.717) is 50.2 Å². The highest BCUT2D eigenvalue weighted by Gasteiger charge is 2.31. The van der Waals surface area contributed by atoms with Crippen molar-refractivity contribution in [1.82, 2.24) is 0 Å². The smallest absolute Gasteiger partial charge is 0.261 e. The van der Waals surface area contributed by atoms with Crippen LogP contribution in [0.25, 0.3) is 21.5 Å². The Balaban J connectivity index is 1.00. The number of azo groups is 2.